The number of halogens is 3. The van der Waals surface area contributed by atoms with Crippen molar-refractivity contribution in [3.63, 3.8) is 0 Å². The first-order valence-corrected chi connectivity index (χ1v) is 6.94. The van der Waals surface area contributed by atoms with Gasteiger partial charge in [0.05, 0.1) is 5.56 Å². The first-order chi connectivity index (χ1) is 9.40. The normalized spacial score (nSPS) is 14.4. The van der Waals surface area contributed by atoms with Crippen LogP contribution in [0.2, 0.25) is 0 Å². The van der Waals surface area contributed by atoms with Crippen molar-refractivity contribution in [1.29, 1.82) is 0 Å². The van der Waals surface area contributed by atoms with Crippen LogP contribution in [0.1, 0.15) is 56.8 Å². The Morgan fingerprint density at radius 1 is 1.15 bits per heavy atom. The van der Waals surface area contributed by atoms with E-state index < -0.39 is 17.8 Å². The van der Waals surface area contributed by atoms with Crippen molar-refractivity contribution in [3.05, 3.63) is 47.0 Å². The molecule has 0 aromatic heterocycles. The minimum absolute atomic E-state index is 0.508. The van der Waals surface area contributed by atoms with Crippen LogP contribution in [-0.2, 0) is 6.18 Å². The number of hydrogen-bond acceptors (Lipinski definition) is 1. The van der Waals surface area contributed by atoms with Gasteiger partial charge in [0.15, 0.2) is 0 Å². The van der Waals surface area contributed by atoms with Gasteiger partial charge in [-0.3, -0.25) is 0 Å². The van der Waals surface area contributed by atoms with E-state index in [1.807, 2.05) is 19.9 Å². The van der Waals surface area contributed by atoms with Crippen molar-refractivity contribution in [2.75, 3.05) is 0 Å². The van der Waals surface area contributed by atoms with Crippen molar-refractivity contribution in [3.8, 4) is 0 Å². The number of rotatable bonds is 6. The van der Waals surface area contributed by atoms with Gasteiger partial charge in [-0.05, 0) is 36.1 Å². The molecule has 0 bridgehead atoms. The maximum atomic E-state index is 12.5. The van der Waals surface area contributed by atoms with E-state index in [4.69, 9.17) is 0 Å². The molecule has 0 radical (unpaired) electrons. The molecule has 0 aliphatic carbocycles. The molecule has 0 aliphatic heterocycles. The van der Waals surface area contributed by atoms with Gasteiger partial charge >= 0.3 is 6.18 Å². The summed E-state index contributed by atoms with van der Waals surface area (Å²) in [6.07, 6.45) is 0.332. The third-order valence-corrected chi connectivity index (χ3v) is 3.14. The second kappa shape index (κ2) is 7.48. The molecule has 1 atom stereocenters. The molecule has 0 saturated heterocycles. The Kier molecular flexibility index (Phi) is 6.27. The molecule has 0 aliphatic rings. The molecule has 1 aromatic carbocycles. The highest BCUT2D eigenvalue weighted by Gasteiger charge is 2.30. The highest BCUT2D eigenvalue weighted by atomic mass is 19.4. The number of alkyl halides is 3. The lowest BCUT2D eigenvalue weighted by molar-refractivity contribution is -0.137. The lowest BCUT2D eigenvalue weighted by Crippen LogP contribution is -2.06. The molecule has 4 heteroatoms. The third-order valence-electron chi connectivity index (χ3n) is 3.14. The van der Waals surface area contributed by atoms with Crippen LogP contribution in [0.5, 0.6) is 0 Å². The van der Waals surface area contributed by atoms with E-state index in [0.29, 0.717) is 5.56 Å². The van der Waals surface area contributed by atoms with Crippen molar-refractivity contribution in [1.82, 2.24) is 0 Å². The lowest BCUT2D eigenvalue weighted by Gasteiger charge is -2.16. The predicted molar refractivity (Wildman–Crippen MR) is 74.3 cm³/mol. The smallest absolute Gasteiger partial charge is 0.384 e. The minimum atomic E-state index is -4.34. The molecule has 1 N–H and O–H groups in total. The van der Waals surface area contributed by atoms with E-state index in [1.54, 1.807) is 0 Å². The zero-order valence-corrected chi connectivity index (χ0v) is 11.9. The van der Waals surface area contributed by atoms with Crippen molar-refractivity contribution in [2.45, 2.75) is 51.8 Å². The number of benzene rings is 1. The highest BCUT2D eigenvalue weighted by molar-refractivity contribution is 5.30. The van der Waals surface area contributed by atoms with Gasteiger partial charge in [0.25, 0.3) is 0 Å². The van der Waals surface area contributed by atoms with Gasteiger partial charge in [-0.1, -0.05) is 44.9 Å². The van der Waals surface area contributed by atoms with Gasteiger partial charge in [-0.15, -0.1) is 0 Å². The molecule has 0 saturated carbocycles. The Labute approximate surface area is 118 Å². The summed E-state index contributed by atoms with van der Waals surface area (Å²) in [6, 6.07) is 4.73. The summed E-state index contributed by atoms with van der Waals surface area (Å²) < 4.78 is 37.5. The molecule has 20 heavy (non-hydrogen) atoms. The van der Waals surface area contributed by atoms with Crippen molar-refractivity contribution >= 4 is 0 Å². The molecule has 1 rings (SSSR count). The molecule has 1 aromatic rings. The summed E-state index contributed by atoms with van der Waals surface area (Å²) in [5, 5.41) is 10.3. The van der Waals surface area contributed by atoms with Gasteiger partial charge in [0, 0.05) is 0 Å². The van der Waals surface area contributed by atoms with Crippen molar-refractivity contribution < 1.29 is 18.3 Å². The van der Waals surface area contributed by atoms with E-state index >= 15 is 0 Å². The Morgan fingerprint density at radius 3 is 2.20 bits per heavy atom. The molecule has 1 unspecified atom stereocenters. The third kappa shape index (κ3) is 4.67. The van der Waals surface area contributed by atoms with Crippen LogP contribution in [0.25, 0.3) is 0 Å². The van der Waals surface area contributed by atoms with Crippen LogP contribution in [0.3, 0.4) is 0 Å². The Hall–Kier alpha value is -1.29. The Balaban J connectivity index is 2.92. The summed E-state index contributed by atoms with van der Waals surface area (Å²) in [4.78, 5) is 0. The largest absolute Gasteiger partial charge is 0.416 e. The highest BCUT2D eigenvalue weighted by Crippen LogP contribution is 2.31. The molecular formula is C16H21F3O. The number of aliphatic hydroxyl groups excluding tert-OH is 1. The Bertz CT molecular complexity index is 432. The maximum absolute atomic E-state index is 12.5. The predicted octanol–water partition coefficient (Wildman–Crippen LogP) is 5.27. The van der Waals surface area contributed by atoms with E-state index in [-0.39, 0.29) is 0 Å². The van der Waals surface area contributed by atoms with E-state index in [1.165, 1.54) is 12.1 Å². The van der Waals surface area contributed by atoms with Crippen LogP contribution >= 0.6 is 0 Å². The summed E-state index contributed by atoms with van der Waals surface area (Å²) >= 11 is 0. The second-order valence-electron chi connectivity index (χ2n) is 4.84. The van der Waals surface area contributed by atoms with Crippen LogP contribution in [0, 0.1) is 0 Å². The van der Waals surface area contributed by atoms with Crippen LogP contribution in [0.15, 0.2) is 35.9 Å². The molecule has 1 nitrogen and oxygen atoms in total. The number of hydrogen-bond donors (Lipinski definition) is 1. The molecule has 112 valence electrons. The first-order valence-electron chi connectivity index (χ1n) is 6.94. The second-order valence-corrected chi connectivity index (χ2v) is 4.84. The summed E-state index contributed by atoms with van der Waals surface area (Å²) in [5.74, 6) is 0. The molecule has 0 amide bonds. The van der Waals surface area contributed by atoms with Gasteiger partial charge in [0.1, 0.15) is 6.10 Å². The minimum Gasteiger partial charge on any atom is -0.384 e. The van der Waals surface area contributed by atoms with Gasteiger partial charge in [-0.2, -0.15) is 13.2 Å². The number of unbranched alkanes of at least 4 members (excludes halogenated alkanes) is 1. The Morgan fingerprint density at radius 2 is 1.75 bits per heavy atom. The maximum Gasteiger partial charge on any atom is 0.416 e. The SMILES string of the molecule is CCC/C=C(\CCC)C(O)c1ccc(C(F)(F)F)cc1. The van der Waals surface area contributed by atoms with E-state index in [2.05, 4.69) is 0 Å². The first kappa shape index (κ1) is 16.8. The van der Waals surface area contributed by atoms with Crippen LogP contribution < -0.4 is 0 Å². The fourth-order valence-corrected chi connectivity index (χ4v) is 2.04. The number of aliphatic hydroxyl groups is 1. The summed E-state index contributed by atoms with van der Waals surface area (Å²) in [7, 11) is 0. The zero-order valence-electron chi connectivity index (χ0n) is 11.9. The fraction of sp³-hybridized carbons (Fsp3) is 0.500. The average molecular weight is 286 g/mol. The van der Waals surface area contributed by atoms with E-state index in [0.717, 1.165) is 43.4 Å². The topological polar surface area (TPSA) is 20.2 Å². The van der Waals surface area contributed by atoms with Gasteiger partial charge in [0.2, 0.25) is 0 Å². The average Bonchev–Trinajstić information content (AvgIpc) is 2.42. The monoisotopic (exact) mass is 286 g/mol. The summed E-state index contributed by atoms with van der Waals surface area (Å²) in [5.41, 5.74) is 0.700. The molecule has 0 heterocycles. The van der Waals surface area contributed by atoms with Gasteiger partial charge in [-0.25, -0.2) is 0 Å². The molecular weight excluding hydrogens is 265 g/mol. The standard InChI is InChI=1S/C16H21F3O/c1-3-5-7-12(6-4-2)15(20)13-8-10-14(11-9-13)16(17,18)19/h7-11,15,20H,3-6H2,1-2H3/b12-7+. The van der Waals surface area contributed by atoms with Crippen LogP contribution in [0.4, 0.5) is 13.2 Å². The van der Waals surface area contributed by atoms with E-state index in [9.17, 15) is 18.3 Å². The summed E-state index contributed by atoms with van der Waals surface area (Å²) in [6.45, 7) is 4.06. The molecule has 0 fully saturated rings. The quantitative estimate of drug-likeness (QED) is 0.707. The van der Waals surface area contributed by atoms with Crippen molar-refractivity contribution in [2.24, 2.45) is 0 Å². The van der Waals surface area contributed by atoms with Gasteiger partial charge < -0.3 is 5.11 Å². The lowest BCUT2D eigenvalue weighted by atomic mass is 9.96. The zero-order chi connectivity index (χ0) is 15.2. The molecule has 0 spiro atoms. The number of allylic oxidation sites excluding steroid dienone is 1. The van der Waals surface area contributed by atoms with Crippen LogP contribution in [-0.4, -0.2) is 5.11 Å². The fourth-order valence-electron chi connectivity index (χ4n) is 2.04.